The van der Waals surface area contributed by atoms with Gasteiger partial charge in [-0.25, -0.2) is 0 Å². The van der Waals surface area contributed by atoms with Crippen molar-refractivity contribution in [2.75, 3.05) is 0 Å². The molecule has 0 fully saturated rings. The average molecular weight is 388 g/mol. The van der Waals surface area contributed by atoms with Crippen LogP contribution < -0.4 is 5.46 Å². The normalized spacial score (nSPS) is 11.7. The predicted molar refractivity (Wildman–Crippen MR) is 124 cm³/mol. The topological polar surface area (TPSA) is 53.6 Å². The summed E-state index contributed by atoms with van der Waals surface area (Å²) < 4.78 is 6.37. The lowest BCUT2D eigenvalue weighted by Gasteiger charge is -2.07. The highest BCUT2D eigenvalue weighted by molar-refractivity contribution is 6.62. The first-order valence-electron chi connectivity index (χ1n) is 9.93. The molecule has 0 aliphatic carbocycles. The van der Waals surface area contributed by atoms with Crippen molar-refractivity contribution in [2.45, 2.75) is 0 Å². The van der Waals surface area contributed by atoms with Gasteiger partial charge in [-0.1, -0.05) is 91.0 Å². The summed E-state index contributed by atoms with van der Waals surface area (Å²) in [6.07, 6.45) is 0. The van der Waals surface area contributed by atoms with Crippen molar-refractivity contribution >= 4 is 56.1 Å². The Morgan fingerprint density at radius 2 is 1.20 bits per heavy atom. The molecule has 30 heavy (non-hydrogen) atoms. The predicted octanol–water partition coefficient (Wildman–Crippen LogP) is 5.24. The Balaban J connectivity index is 1.80. The van der Waals surface area contributed by atoms with Gasteiger partial charge in [-0.3, -0.25) is 0 Å². The van der Waals surface area contributed by atoms with Gasteiger partial charge in [0.25, 0.3) is 0 Å². The summed E-state index contributed by atoms with van der Waals surface area (Å²) in [5, 5.41) is 26.2. The highest BCUT2D eigenvalue weighted by Gasteiger charge is 2.23. The molecule has 0 bridgehead atoms. The van der Waals surface area contributed by atoms with E-state index in [1.807, 2.05) is 48.5 Å². The van der Waals surface area contributed by atoms with E-state index in [0.29, 0.717) is 11.0 Å². The van der Waals surface area contributed by atoms with Crippen molar-refractivity contribution in [3.63, 3.8) is 0 Å². The van der Waals surface area contributed by atoms with Crippen LogP contribution in [0.3, 0.4) is 0 Å². The van der Waals surface area contributed by atoms with Crippen LogP contribution in [0, 0.1) is 0 Å². The minimum atomic E-state index is -1.61. The second-order valence-electron chi connectivity index (χ2n) is 7.58. The van der Waals surface area contributed by atoms with E-state index in [-0.39, 0.29) is 0 Å². The van der Waals surface area contributed by atoms with Crippen LogP contribution >= 0.6 is 0 Å². The van der Waals surface area contributed by atoms with Crippen LogP contribution in [0.5, 0.6) is 0 Å². The highest BCUT2D eigenvalue weighted by atomic mass is 16.4. The third kappa shape index (κ3) is 2.41. The van der Waals surface area contributed by atoms with Gasteiger partial charge in [0.15, 0.2) is 0 Å². The molecule has 0 aliphatic rings. The number of para-hydroxylation sites is 1. The van der Waals surface area contributed by atoms with Gasteiger partial charge in [-0.2, -0.15) is 0 Å². The summed E-state index contributed by atoms with van der Waals surface area (Å²) in [4.78, 5) is 0. The van der Waals surface area contributed by atoms with E-state index in [2.05, 4.69) is 36.4 Å². The molecule has 0 atom stereocenters. The average Bonchev–Trinajstić information content (AvgIpc) is 3.18. The van der Waals surface area contributed by atoms with Crippen LogP contribution in [-0.4, -0.2) is 17.2 Å². The lowest BCUT2D eigenvalue weighted by atomic mass is 9.78. The Hall–Kier alpha value is -3.60. The molecule has 0 saturated carbocycles. The lowest BCUT2D eigenvalue weighted by molar-refractivity contribution is 0.425. The van der Waals surface area contributed by atoms with E-state index >= 15 is 0 Å². The maximum atomic E-state index is 10.0. The minimum Gasteiger partial charge on any atom is -0.456 e. The van der Waals surface area contributed by atoms with E-state index in [9.17, 15) is 10.0 Å². The monoisotopic (exact) mass is 388 g/mol. The molecular weight excluding hydrogens is 371 g/mol. The number of hydrogen-bond donors (Lipinski definition) is 2. The third-order valence-electron chi connectivity index (χ3n) is 5.88. The van der Waals surface area contributed by atoms with E-state index < -0.39 is 7.12 Å². The summed E-state index contributed by atoms with van der Waals surface area (Å²) in [6, 6.07) is 30.4. The fourth-order valence-electron chi connectivity index (χ4n) is 4.54. The van der Waals surface area contributed by atoms with E-state index in [1.165, 1.54) is 5.39 Å². The van der Waals surface area contributed by atoms with Gasteiger partial charge in [-0.05, 0) is 27.1 Å². The van der Waals surface area contributed by atoms with Crippen molar-refractivity contribution in [1.82, 2.24) is 0 Å². The number of fused-ring (bicyclic) bond motifs is 6. The summed E-state index contributed by atoms with van der Waals surface area (Å²) in [5.74, 6) is 0. The molecule has 1 aromatic heterocycles. The molecular formula is C26H17BO3. The fourth-order valence-corrected chi connectivity index (χ4v) is 4.54. The molecule has 0 unspecified atom stereocenters. The summed E-state index contributed by atoms with van der Waals surface area (Å²) in [6.45, 7) is 0. The number of hydrogen-bond acceptors (Lipinski definition) is 3. The Kier molecular flexibility index (Phi) is 3.72. The van der Waals surface area contributed by atoms with Gasteiger partial charge in [0.1, 0.15) is 11.2 Å². The molecule has 0 amide bonds. The molecule has 2 N–H and O–H groups in total. The van der Waals surface area contributed by atoms with Crippen molar-refractivity contribution in [3.05, 3.63) is 91.0 Å². The summed E-state index contributed by atoms with van der Waals surface area (Å²) in [5.41, 5.74) is 3.73. The largest absolute Gasteiger partial charge is 0.492 e. The first-order valence-corrected chi connectivity index (χ1v) is 9.93. The second kappa shape index (κ2) is 6.46. The molecule has 3 nitrogen and oxygen atoms in total. The van der Waals surface area contributed by atoms with Gasteiger partial charge < -0.3 is 14.5 Å². The zero-order chi connectivity index (χ0) is 20.2. The molecule has 5 aromatic carbocycles. The smallest absolute Gasteiger partial charge is 0.456 e. The van der Waals surface area contributed by atoms with Crippen LogP contribution in [0.25, 0.3) is 54.6 Å². The van der Waals surface area contributed by atoms with Gasteiger partial charge in [-0.15, -0.1) is 0 Å². The van der Waals surface area contributed by atoms with Crippen LogP contribution in [0.15, 0.2) is 95.4 Å². The number of furan rings is 1. The first-order chi connectivity index (χ1) is 14.7. The Bertz CT molecular complexity index is 1570. The molecule has 0 radical (unpaired) electrons. The van der Waals surface area contributed by atoms with E-state index in [1.54, 1.807) is 6.07 Å². The van der Waals surface area contributed by atoms with Crippen molar-refractivity contribution < 1.29 is 14.5 Å². The van der Waals surface area contributed by atoms with Crippen LogP contribution in [-0.2, 0) is 0 Å². The van der Waals surface area contributed by atoms with Gasteiger partial charge in [0.05, 0.1) is 0 Å². The van der Waals surface area contributed by atoms with Gasteiger partial charge >= 0.3 is 7.12 Å². The standard InChI is InChI=1S/C26H17BO3/c28-27(29)23-15-17-8-2-4-11-19(17)24-22-14-6-13-21(25(22)30-26(23)24)20-12-5-9-16-7-1-3-10-18(16)20/h1-15,28-29H. The van der Waals surface area contributed by atoms with Gasteiger partial charge in [0, 0.05) is 21.8 Å². The second-order valence-corrected chi connectivity index (χ2v) is 7.58. The highest BCUT2D eigenvalue weighted by Crippen LogP contribution is 2.40. The maximum Gasteiger partial charge on any atom is 0.492 e. The number of benzene rings is 5. The van der Waals surface area contributed by atoms with Crippen LogP contribution in [0.1, 0.15) is 0 Å². The Labute approximate surface area is 172 Å². The molecule has 4 heteroatoms. The summed E-state index contributed by atoms with van der Waals surface area (Å²) >= 11 is 0. The van der Waals surface area contributed by atoms with Gasteiger partial charge in [0.2, 0.25) is 0 Å². The zero-order valence-corrected chi connectivity index (χ0v) is 16.0. The maximum absolute atomic E-state index is 10.0. The van der Waals surface area contributed by atoms with E-state index in [0.717, 1.165) is 43.6 Å². The fraction of sp³-hybridized carbons (Fsp3) is 0. The Morgan fingerprint density at radius 1 is 0.567 bits per heavy atom. The first kappa shape index (κ1) is 17.3. The minimum absolute atomic E-state index is 0.378. The zero-order valence-electron chi connectivity index (χ0n) is 16.0. The van der Waals surface area contributed by atoms with Crippen molar-refractivity contribution in [3.8, 4) is 11.1 Å². The number of rotatable bonds is 2. The molecule has 0 aliphatic heterocycles. The summed E-state index contributed by atoms with van der Waals surface area (Å²) in [7, 11) is -1.61. The molecule has 6 aromatic rings. The molecule has 0 saturated heterocycles. The molecule has 1 heterocycles. The molecule has 0 spiro atoms. The Morgan fingerprint density at radius 3 is 2.03 bits per heavy atom. The quantitative estimate of drug-likeness (QED) is 0.399. The molecule has 142 valence electrons. The van der Waals surface area contributed by atoms with Crippen LogP contribution in [0.4, 0.5) is 0 Å². The van der Waals surface area contributed by atoms with E-state index in [4.69, 9.17) is 4.42 Å². The SMILES string of the molecule is OB(O)c1cc2ccccc2c2c1oc1c(-c3cccc4ccccc34)cccc12. The van der Waals surface area contributed by atoms with Crippen molar-refractivity contribution in [2.24, 2.45) is 0 Å². The molecule has 6 rings (SSSR count). The van der Waals surface area contributed by atoms with Crippen molar-refractivity contribution in [1.29, 1.82) is 0 Å². The van der Waals surface area contributed by atoms with Crippen LogP contribution in [0.2, 0.25) is 0 Å². The lowest BCUT2D eigenvalue weighted by Crippen LogP contribution is -2.30. The third-order valence-corrected chi connectivity index (χ3v) is 5.88.